The number of allylic oxidation sites excluding steroid dienone is 15. The van der Waals surface area contributed by atoms with Crippen LogP contribution in [0, 0.1) is 0 Å². The Labute approximate surface area is 290 Å². The third-order valence-electron chi connectivity index (χ3n) is 7.78. The monoisotopic (exact) mass is 650 g/mol. The first-order chi connectivity index (χ1) is 23.2. The summed E-state index contributed by atoms with van der Waals surface area (Å²) in [6, 6.07) is -0.668. The van der Waals surface area contributed by atoms with E-state index < -0.39 is 12.1 Å². The van der Waals surface area contributed by atoms with Gasteiger partial charge in [-0.05, 0) is 89.9 Å². The van der Waals surface area contributed by atoms with E-state index in [1.807, 2.05) is 6.08 Å². The second-order valence-corrected chi connectivity index (χ2v) is 12.2. The molecule has 4 heteroatoms. The second kappa shape index (κ2) is 37.8. The Bertz CT molecular complexity index is 921. The number of hydrogen-bond donors (Lipinski definition) is 3. The molecule has 0 spiro atoms. The minimum Gasteiger partial charge on any atom is -0.394 e. The molecule has 0 aromatic rings. The number of carbonyl (C=O) groups is 1. The third-order valence-corrected chi connectivity index (χ3v) is 7.78. The summed E-state index contributed by atoms with van der Waals surface area (Å²) in [5, 5.41) is 22.9. The normalized spacial score (nSPS) is 14.2. The molecule has 0 rings (SSSR count). The van der Waals surface area contributed by atoms with Crippen LogP contribution >= 0.6 is 0 Å². The summed E-state index contributed by atoms with van der Waals surface area (Å²) >= 11 is 0. The predicted octanol–water partition coefficient (Wildman–Crippen LogP) is 11.5. The highest BCUT2D eigenvalue weighted by Gasteiger charge is 2.17. The molecule has 0 aromatic heterocycles. The van der Waals surface area contributed by atoms with Gasteiger partial charge in [0.2, 0.25) is 5.91 Å². The molecule has 266 valence electrons. The van der Waals surface area contributed by atoms with Crippen molar-refractivity contribution in [3.05, 3.63) is 97.2 Å². The molecule has 0 bridgehead atoms. The maximum absolute atomic E-state index is 12.3. The summed E-state index contributed by atoms with van der Waals surface area (Å²) in [7, 11) is 0. The Balaban J connectivity index is 3.82. The summed E-state index contributed by atoms with van der Waals surface area (Å²) in [6.45, 7) is 4.13. The molecular weight excluding hydrogens is 578 g/mol. The van der Waals surface area contributed by atoms with Crippen molar-refractivity contribution >= 4 is 5.91 Å². The van der Waals surface area contributed by atoms with Gasteiger partial charge in [0.25, 0.3) is 0 Å². The molecule has 0 fully saturated rings. The fraction of sp³-hybridized carbons (Fsp3) is 0.605. The summed E-state index contributed by atoms with van der Waals surface area (Å²) in [6.07, 6.45) is 56.3. The Morgan fingerprint density at radius 3 is 1.49 bits per heavy atom. The topological polar surface area (TPSA) is 69.6 Å². The van der Waals surface area contributed by atoms with Gasteiger partial charge >= 0.3 is 0 Å². The van der Waals surface area contributed by atoms with E-state index in [1.165, 1.54) is 44.9 Å². The van der Waals surface area contributed by atoms with Gasteiger partial charge in [-0.3, -0.25) is 4.79 Å². The van der Waals surface area contributed by atoms with E-state index in [0.717, 1.165) is 83.5 Å². The molecule has 0 aliphatic rings. The van der Waals surface area contributed by atoms with Gasteiger partial charge in [-0.1, -0.05) is 150 Å². The van der Waals surface area contributed by atoms with E-state index in [0.29, 0.717) is 6.42 Å². The van der Waals surface area contributed by atoms with Crippen LogP contribution in [0.1, 0.15) is 149 Å². The SMILES string of the molecule is CC/C=C\C/C=C\C/C=C\C/C=C\C/C=C\CCCCCC(=O)NC(CO)C(O)/C=C/CC/C=C/CC/C=C/CCCCCCCC. The van der Waals surface area contributed by atoms with Crippen molar-refractivity contribution in [1.82, 2.24) is 5.32 Å². The van der Waals surface area contributed by atoms with Gasteiger partial charge in [-0.15, -0.1) is 0 Å². The van der Waals surface area contributed by atoms with Crippen molar-refractivity contribution in [3.8, 4) is 0 Å². The van der Waals surface area contributed by atoms with Crippen molar-refractivity contribution < 1.29 is 15.0 Å². The van der Waals surface area contributed by atoms with Gasteiger partial charge in [0.05, 0.1) is 18.8 Å². The van der Waals surface area contributed by atoms with Crippen LogP contribution in [-0.2, 0) is 4.79 Å². The lowest BCUT2D eigenvalue weighted by molar-refractivity contribution is -0.123. The van der Waals surface area contributed by atoms with Crippen molar-refractivity contribution in [1.29, 1.82) is 0 Å². The standard InChI is InChI=1S/C43H71NO3/c1-3-5-7-9-11-13-15-17-19-21-22-23-25-27-29-31-33-35-37-39-43(47)44-41(40-45)42(46)38-36-34-32-30-28-26-24-20-18-16-14-12-10-8-6-4-2/h5,7,11,13,17-20,22-23,27-30,36,38,41-42,45-46H,3-4,6,8-10,12,14-16,21,24-26,31-35,37,39-40H2,1-2H3,(H,44,47)/b7-5-,13-11-,19-17-,20-18+,23-22-,29-27-,30-28+,38-36+. The van der Waals surface area contributed by atoms with E-state index in [2.05, 4.69) is 104 Å². The zero-order chi connectivity index (χ0) is 34.3. The highest BCUT2D eigenvalue weighted by molar-refractivity contribution is 5.76. The molecule has 0 heterocycles. The van der Waals surface area contributed by atoms with E-state index in [1.54, 1.807) is 6.08 Å². The molecule has 0 aromatic carbocycles. The molecule has 2 atom stereocenters. The molecule has 0 radical (unpaired) electrons. The van der Waals surface area contributed by atoms with Crippen molar-refractivity contribution in [2.45, 2.75) is 161 Å². The van der Waals surface area contributed by atoms with Crippen LogP contribution in [0.3, 0.4) is 0 Å². The highest BCUT2D eigenvalue weighted by Crippen LogP contribution is 2.09. The first-order valence-electron chi connectivity index (χ1n) is 19.0. The summed E-state index contributed by atoms with van der Waals surface area (Å²) < 4.78 is 0. The maximum atomic E-state index is 12.3. The lowest BCUT2D eigenvalue weighted by atomic mass is 10.1. The molecule has 47 heavy (non-hydrogen) atoms. The number of carbonyl (C=O) groups excluding carboxylic acids is 1. The van der Waals surface area contributed by atoms with Crippen molar-refractivity contribution in [3.63, 3.8) is 0 Å². The Kier molecular flexibility index (Phi) is 35.6. The largest absolute Gasteiger partial charge is 0.394 e. The smallest absolute Gasteiger partial charge is 0.220 e. The number of amides is 1. The number of hydrogen-bond acceptors (Lipinski definition) is 3. The van der Waals surface area contributed by atoms with Crippen LogP contribution in [-0.4, -0.2) is 34.9 Å². The van der Waals surface area contributed by atoms with E-state index in [9.17, 15) is 15.0 Å². The molecule has 0 aliphatic heterocycles. The van der Waals surface area contributed by atoms with Crippen LogP contribution in [0.5, 0.6) is 0 Å². The lowest BCUT2D eigenvalue weighted by Gasteiger charge is -2.19. The fourth-order valence-corrected chi connectivity index (χ4v) is 4.88. The molecule has 1 amide bonds. The lowest BCUT2D eigenvalue weighted by Crippen LogP contribution is -2.45. The summed E-state index contributed by atoms with van der Waals surface area (Å²) in [4.78, 5) is 12.3. The molecule has 0 aliphatic carbocycles. The summed E-state index contributed by atoms with van der Waals surface area (Å²) in [5.74, 6) is -0.115. The van der Waals surface area contributed by atoms with Gasteiger partial charge < -0.3 is 15.5 Å². The van der Waals surface area contributed by atoms with Gasteiger partial charge in [-0.2, -0.15) is 0 Å². The minimum absolute atomic E-state index is 0.115. The third kappa shape index (κ3) is 34.5. The van der Waals surface area contributed by atoms with Gasteiger partial charge in [0.1, 0.15) is 0 Å². The van der Waals surface area contributed by atoms with Crippen LogP contribution in [0.2, 0.25) is 0 Å². The van der Waals surface area contributed by atoms with E-state index in [-0.39, 0.29) is 12.5 Å². The Morgan fingerprint density at radius 1 is 0.532 bits per heavy atom. The van der Waals surface area contributed by atoms with E-state index in [4.69, 9.17) is 0 Å². The van der Waals surface area contributed by atoms with Gasteiger partial charge in [-0.25, -0.2) is 0 Å². The van der Waals surface area contributed by atoms with Crippen molar-refractivity contribution in [2.24, 2.45) is 0 Å². The first kappa shape index (κ1) is 44.3. The van der Waals surface area contributed by atoms with Crippen LogP contribution in [0.4, 0.5) is 0 Å². The summed E-state index contributed by atoms with van der Waals surface area (Å²) in [5.41, 5.74) is 0. The van der Waals surface area contributed by atoms with Gasteiger partial charge in [0, 0.05) is 6.42 Å². The number of aliphatic hydroxyl groups is 2. The molecule has 4 nitrogen and oxygen atoms in total. The van der Waals surface area contributed by atoms with E-state index >= 15 is 0 Å². The average Bonchev–Trinajstić information content (AvgIpc) is 3.07. The predicted molar refractivity (Wildman–Crippen MR) is 206 cm³/mol. The maximum Gasteiger partial charge on any atom is 0.220 e. The Morgan fingerprint density at radius 2 is 0.957 bits per heavy atom. The second-order valence-electron chi connectivity index (χ2n) is 12.2. The van der Waals surface area contributed by atoms with Crippen LogP contribution < -0.4 is 5.32 Å². The highest BCUT2D eigenvalue weighted by atomic mass is 16.3. The quantitative estimate of drug-likeness (QED) is 0.0502. The molecule has 2 unspecified atom stereocenters. The molecule has 0 saturated carbocycles. The molecule has 3 N–H and O–H groups in total. The average molecular weight is 650 g/mol. The van der Waals surface area contributed by atoms with Crippen LogP contribution in [0.25, 0.3) is 0 Å². The number of aliphatic hydroxyl groups excluding tert-OH is 2. The minimum atomic E-state index is -0.889. The first-order valence-corrected chi connectivity index (χ1v) is 19.0. The van der Waals surface area contributed by atoms with Crippen molar-refractivity contribution in [2.75, 3.05) is 6.61 Å². The number of unbranched alkanes of at least 4 members (excludes halogenated alkanes) is 11. The zero-order valence-electron chi connectivity index (χ0n) is 30.3. The zero-order valence-corrected chi connectivity index (χ0v) is 30.3. The molecular formula is C43H71NO3. The fourth-order valence-electron chi connectivity index (χ4n) is 4.88. The van der Waals surface area contributed by atoms with Crippen LogP contribution in [0.15, 0.2) is 97.2 Å². The van der Waals surface area contributed by atoms with Gasteiger partial charge in [0.15, 0.2) is 0 Å². The number of rotatable bonds is 32. The Hall–Kier alpha value is -2.69. The molecule has 0 saturated heterocycles. The number of nitrogens with one attached hydrogen (secondary N) is 1.